The van der Waals surface area contributed by atoms with Crippen LogP contribution in [-0.2, 0) is 57.6 Å². The molecule has 1 aliphatic rings. The first-order valence-electron chi connectivity index (χ1n) is 22.6. The van der Waals surface area contributed by atoms with Gasteiger partial charge in [0.2, 0.25) is 47.3 Å². The lowest BCUT2D eigenvalue weighted by atomic mass is 10.0. The SMILES string of the molecule is CCCCC(=O)N[C@H]1CCC(=O)NC(C)[C@@H](C(=O)N[C@@H](Cc2c[nH]c3ccccc23)C(N)=O)NC(=O)[C@H](CCCN=C(N)N)NC(=O)[C@@H](Cc2ccccc2)NC(=O)[C@H](Cc2cnc[nH]2)NC1=O. The Morgan fingerprint density at radius 3 is 2.18 bits per heavy atom. The van der Waals surface area contributed by atoms with Crippen molar-refractivity contribution >= 4 is 64.1 Å². The van der Waals surface area contributed by atoms with Gasteiger partial charge in [0.15, 0.2) is 5.96 Å². The molecular formula is C46H62N14O8. The maximum Gasteiger partial charge on any atom is 0.245 e. The number of H-pyrrole nitrogens is 2. The van der Waals surface area contributed by atoms with Crippen LogP contribution in [0, 0.1) is 0 Å². The number of primary amides is 1. The highest BCUT2D eigenvalue weighted by atomic mass is 16.2. The summed E-state index contributed by atoms with van der Waals surface area (Å²) < 4.78 is 0. The number of guanidine groups is 1. The maximum atomic E-state index is 14.5. The van der Waals surface area contributed by atoms with E-state index in [1.807, 2.05) is 31.2 Å². The molecule has 5 rings (SSSR count). The molecule has 7 atom stereocenters. The number of unbranched alkanes of at least 4 members (excludes halogenated alkanes) is 1. The van der Waals surface area contributed by atoms with Crippen molar-refractivity contribution in [2.75, 3.05) is 6.54 Å². The summed E-state index contributed by atoms with van der Waals surface area (Å²) in [4.78, 5) is 125. The van der Waals surface area contributed by atoms with E-state index in [-0.39, 0.29) is 63.9 Å². The van der Waals surface area contributed by atoms with Crippen molar-refractivity contribution in [1.29, 1.82) is 0 Å². The minimum absolute atomic E-state index is 0.0271. The number of para-hydroxylation sites is 1. The average Bonchev–Trinajstić information content (AvgIpc) is 3.98. The first kappa shape index (κ1) is 51.2. The van der Waals surface area contributed by atoms with Crippen LogP contribution in [-0.4, -0.2) is 117 Å². The summed E-state index contributed by atoms with van der Waals surface area (Å²) in [5.74, 6) is -6.32. The zero-order valence-corrected chi connectivity index (χ0v) is 38.1. The largest absolute Gasteiger partial charge is 0.370 e. The van der Waals surface area contributed by atoms with Crippen molar-refractivity contribution < 1.29 is 38.4 Å². The molecule has 8 amide bonds. The minimum atomic E-state index is -1.58. The molecule has 0 bridgehead atoms. The van der Waals surface area contributed by atoms with Crippen LogP contribution in [0.1, 0.15) is 75.6 Å². The first-order valence-corrected chi connectivity index (χ1v) is 22.6. The van der Waals surface area contributed by atoms with Crippen molar-refractivity contribution in [1.82, 2.24) is 52.2 Å². The third kappa shape index (κ3) is 15.4. The highest BCUT2D eigenvalue weighted by Gasteiger charge is 2.36. The number of fused-ring (bicyclic) bond motifs is 1. The summed E-state index contributed by atoms with van der Waals surface area (Å²) >= 11 is 0. The summed E-state index contributed by atoms with van der Waals surface area (Å²) in [6.07, 6.45) is 5.18. The van der Waals surface area contributed by atoms with Crippen LogP contribution < -0.4 is 54.4 Å². The van der Waals surface area contributed by atoms with Crippen LogP contribution in [0.25, 0.3) is 10.9 Å². The second-order valence-corrected chi connectivity index (χ2v) is 16.7. The van der Waals surface area contributed by atoms with Gasteiger partial charge >= 0.3 is 0 Å². The fourth-order valence-corrected chi connectivity index (χ4v) is 7.71. The second kappa shape index (κ2) is 25.2. The Bertz CT molecular complexity index is 2400. The number of nitrogens with two attached hydrogens (primary N) is 3. The summed E-state index contributed by atoms with van der Waals surface area (Å²) in [5.41, 5.74) is 19.5. The minimum Gasteiger partial charge on any atom is -0.370 e. The number of carbonyl (C=O) groups excluding carboxylic acids is 8. The number of rotatable bonds is 17. The number of carbonyl (C=O) groups is 8. The normalized spacial score (nSPS) is 21.4. The Kier molecular flexibility index (Phi) is 19.0. The zero-order chi connectivity index (χ0) is 49.2. The van der Waals surface area contributed by atoms with E-state index < -0.39 is 89.6 Å². The molecule has 0 saturated carbocycles. The Labute approximate surface area is 392 Å². The molecule has 15 N–H and O–H groups in total. The fraction of sp³-hybridized carbons (Fsp3) is 0.435. The monoisotopic (exact) mass is 938 g/mol. The molecule has 1 unspecified atom stereocenters. The number of imidazole rings is 1. The van der Waals surface area contributed by atoms with Crippen molar-refractivity contribution in [2.45, 2.75) is 120 Å². The van der Waals surface area contributed by atoms with Gasteiger partial charge in [-0.15, -0.1) is 0 Å². The third-order valence-corrected chi connectivity index (χ3v) is 11.4. The quantitative estimate of drug-likeness (QED) is 0.0341. The van der Waals surface area contributed by atoms with Gasteiger partial charge in [-0.3, -0.25) is 43.3 Å². The second-order valence-electron chi connectivity index (χ2n) is 16.7. The van der Waals surface area contributed by atoms with E-state index in [2.05, 4.69) is 57.2 Å². The molecule has 0 spiro atoms. The number of benzene rings is 2. The van der Waals surface area contributed by atoms with Crippen molar-refractivity contribution in [3.8, 4) is 0 Å². The average molecular weight is 939 g/mol. The van der Waals surface area contributed by atoms with E-state index in [9.17, 15) is 38.4 Å². The Hall–Kier alpha value is -7.78. The number of nitrogens with one attached hydrogen (secondary N) is 9. The van der Waals surface area contributed by atoms with Crippen LogP contribution in [0.15, 0.2) is 78.3 Å². The zero-order valence-electron chi connectivity index (χ0n) is 38.1. The lowest BCUT2D eigenvalue weighted by molar-refractivity contribution is -0.136. The molecule has 1 fully saturated rings. The standard InChI is InChI=1S/C46H62N14O8/c1-3-4-16-37(61)55-33-17-18-38(62)54-26(2)39(45(68)57-34(40(47)63)21-28-23-52-31-14-9-8-13-30(28)31)60-42(65)32(15-10-19-51-46(48)49)56-43(66)35(20-27-11-6-5-7-12-27)58-44(67)36(59-41(33)64)22-29-24-50-25-53-29/h5-9,11-14,23-26,32-36,39,52H,3-4,10,15-22H2,1-2H3,(H2,47,63)(H,50,53)(H,54,62)(H,55,61)(H,56,66)(H,57,68)(H,58,67)(H,59,64)(H,60,65)(H4,48,49,51)/t26?,32-,33-,34-,35+,36-,39-/m0/s1. The molecule has 4 aromatic rings. The predicted molar refractivity (Wildman–Crippen MR) is 251 cm³/mol. The van der Waals surface area contributed by atoms with E-state index >= 15 is 0 Å². The van der Waals surface area contributed by atoms with Crippen LogP contribution in [0.5, 0.6) is 0 Å². The third-order valence-electron chi connectivity index (χ3n) is 11.4. The molecule has 22 nitrogen and oxygen atoms in total. The van der Waals surface area contributed by atoms with Gasteiger partial charge in [-0.1, -0.05) is 61.9 Å². The van der Waals surface area contributed by atoms with Gasteiger partial charge in [-0.25, -0.2) is 4.98 Å². The predicted octanol–water partition coefficient (Wildman–Crippen LogP) is -1.14. The van der Waals surface area contributed by atoms with Crippen LogP contribution in [0.2, 0.25) is 0 Å². The highest BCUT2D eigenvalue weighted by molar-refractivity contribution is 5.98. The molecule has 1 saturated heterocycles. The molecule has 1 aliphatic heterocycles. The summed E-state index contributed by atoms with van der Waals surface area (Å²) in [6, 6.07) is 6.73. The molecule has 2 aromatic heterocycles. The van der Waals surface area contributed by atoms with E-state index in [0.717, 1.165) is 10.9 Å². The van der Waals surface area contributed by atoms with Crippen molar-refractivity contribution in [2.24, 2.45) is 22.2 Å². The molecule has 3 heterocycles. The number of nitrogens with zero attached hydrogens (tertiary/aromatic N) is 2. The molecule has 2 aromatic carbocycles. The van der Waals surface area contributed by atoms with Crippen LogP contribution in [0.3, 0.4) is 0 Å². The molecule has 364 valence electrons. The number of amides is 8. The highest BCUT2D eigenvalue weighted by Crippen LogP contribution is 2.19. The number of hydrogen-bond donors (Lipinski definition) is 12. The van der Waals surface area contributed by atoms with Gasteiger partial charge in [-0.05, 0) is 49.8 Å². The Morgan fingerprint density at radius 2 is 1.49 bits per heavy atom. The molecule has 22 heteroatoms. The lowest BCUT2D eigenvalue weighted by Crippen LogP contribution is -2.63. The summed E-state index contributed by atoms with van der Waals surface area (Å²) in [6.45, 7) is 3.41. The number of aliphatic imine (C=N–C) groups is 1. The van der Waals surface area contributed by atoms with E-state index in [4.69, 9.17) is 17.2 Å². The maximum absolute atomic E-state index is 14.5. The number of aromatic nitrogens is 3. The van der Waals surface area contributed by atoms with Gasteiger partial charge in [-0.2, -0.15) is 0 Å². The topological polar surface area (TPSA) is 356 Å². The smallest absolute Gasteiger partial charge is 0.245 e. The van der Waals surface area contributed by atoms with E-state index in [0.29, 0.717) is 29.7 Å². The van der Waals surface area contributed by atoms with Crippen molar-refractivity contribution in [3.05, 3.63) is 90.1 Å². The molecule has 0 radical (unpaired) electrons. The lowest BCUT2D eigenvalue weighted by Gasteiger charge is -2.30. The van der Waals surface area contributed by atoms with Gasteiger partial charge in [0.05, 0.1) is 12.4 Å². The molecular weight excluding hydrogens is 877 g/mol. The number of hydrogen-bond acceptors (Lipinski definition) is 10. The first-order chi connectivity index (χ1) is 32.6. The number of aromatic amines is 2. The van der Waals surface area contributed by atoms with Gasteiger partial charge in [0, 0.05) is 67.6 Å². The Balaban J connectivity index is 1.53. The fourth-order valence-electron chi connectivity index (χ4n) is 7.71. The van der Waals surface area contributed by atoms with E-state index in [1.165, 1.54) is 19.4 Å². The van der Waals surface area contributed by atoms with E-state index in [1.54, 1.807) is 36.5 Å². The van der Waals surface area contributed by atoms with Gasteiger partial charge in [0.1, 0.15) is 36.3 Å². The van der Waals surface area contributed by atoms with Gasteiger partial charge < -0.3 is 64.4 Å². The van der Waals surface area contributed by atoms with Crippen molar-refractivity contribution in [3.63, 3.8) is 0 Å². The molecule has 0 aliphatic carbocycles. The summed E-state index contributed by atoms with van der Waals surface area (Å²) in [5, 5.41) is 19.7. The van der Waals surface area contributed by atoms with Crippen LogP contribution >= 0.6 is 0 Å². The Morgan fingerprint density at radius 1 is 0.809 bits per heavy atom. The van der Waals surface area contributed by atoms with Crippen LogP contribution in [0.4, 0.5) is 0 Å². The summed E-state index contributed by atoms with van der Waals surface area (Å²) in [7, 11) is 0. The van der Waals surface area contributed by atoms with Gasteiger partial charge in [0.25, 0.3) is 0 Å². The molecule has 68 heavy (non-hydrogen) atoms.